The molecule has 0 N–H and O–H groups in total. The number of rotatable bonds is 0. The first-order chi connectivity index (χ1) is 3.46. The Morgan fingerprint density at radius 2 is 0.800 bits per heavy atom. The van der Waals surface area contributed by atoms with Gasteiger partial charge < -0.3 is 0 Å². The Balaban J connectivity index is -0.0000000300. The van der Waals surface area contributed by atoms with Crippen LogP contribution in [0.25, 0.3) is 0 Å². The molecule has 0 aliphatic heterocycles. The zero-order chi connectivity index (χ0) is 7.15. The van der Waals surface area contributed by atoms with Crippen LogP contribution in [-0.2, 0) is 43.9 Å². The van der Waals surface area contributed by atoms with Crippen LogP contribution >= 0.6 is 0 Å². The van der Waals surface area contributed by atoms with E-state index in [4.69, 9.17) is 21.4 Å². The van der Waals surface area contributed by atoms with E-state index in [-0.39, 0.29) is 68.7 Å². The summed E-state index contributed by atoms with van der Waals surface area (Å²) < 4.78 is 51.5. The predicted octanol–water partition coefficient (Wildman–Crippen LogP) is -8.38. The predicted molar refractivity (Wildman–Crippen MR) is 7.13 cm³/mol. The van der Waals surface area contributed by atoms with Crippen molar-refractivity contribution in [3.63, 3.8) is 0 Å². The van der Waals surface area contributed by atoms with Gasteiger partial charge in [0.2, 0.25) is 0 Å². The molecule has 10 heteroatoms. The SMILES string of the molecule is [Al+3].[K+].[O]=[Ti]([O-])[O-].[O]=[Ti]([O-])[O-]. The van der Waals surface area contributed by atoms with E-state index in [1.165, 1.54) is 0 Å². The van der Waals surface area contributed by atoms with Gasteiger partial charge in [0.1, 0.15) is 0 Å². The molecule has 0 saturated carbocycles. The summed E-state index contributed by atoms with van der Waals surface area (Å²) in [5, 5.41) is 0. The van der Waals surface area contributed by atoms with Crippen LogP contribution in [0, 0.1) is 0 Å². The fourth-order valence-electron chi connectivity index (χ4n) is 0. The summed E-state index contributed by atoms with van der Waals surface area (Å²) >= 11 is -8.17. The molecule has 0 radical (unpaired) electrons. The van der Waals surface area contributed by atoms with Crippen molar-refractivity contribution in [3.8, 4) is 0 Å². The minimum absolute atomic E-state index is 0. The van der Waals surface area contributed by atoms with Gasteiger partial charge in [-0.2, -0.15) is 0 Å². The molecule has 0 atom stereocenters. The van der Waals surface area contributed by atoms with E-state index >= 15 is 0 Å². The molecule has 0 heterocycles. The van der Waals surface area contributed by atoms with E-state index in [1.54, 1.807) is 0 Å². The second-order valence-corrected chi connectivity index (χ2v) is 2.06. The van der Waals surface area contributed by atoms with Gasteiger partial charge in [-0.3, -0.25) is 0 Å². The summed E-state index contributed by atoms with van der Waals surface area (Å²) in [6, 6.07) is 0. The van der Waals surface area contributed by atoms with Crippen molar-refractivity contribution in [2.24, 2.45) is 0 Å². The van der Waals surface area contributed by atoms with Gasteiger partial charge in [-0.1, -0.05) is 0 Å². The van der Waals surface area contributed by atoms with E-state index in [0.717, 1.165) is 0 Å². The van der Waals surface area contributed by atoms with Crippen LogP contribution in [0.2, 0.25) is 0 Å². The van der Waals surface area contributed by atoms with Crippen molar-refractivity contribution >= 4 is 17.4 Å². The molecule has 0 aromatic heterocycles. The molecule has 10 heavy (non-hydrogen) atoms. The van der Waals surface area contributed by atoms with Gasteiger partial charge in [0.15, 0.2) is 0 Å². The zero-order valence-electron chi connectivity index (χ0n) is 5.03. The summed E-state index contributed by atoms with van der Waals surface area (Å²) in [7, 11) is 0. The van der Waals surface area contributed by atoms with Crippen LogP contribution in [0.4, 0.5) is 0 Å². The van der Waals surface area contributed by atoms with E-state index in [2.05, 4.69) is 0 Å². The molecule has 0 unspecified atom stereocenters. The second-order valence-electron chi connectivity index (χ2n) is 0.500. The van der Waals surface area contributed by atoms with Gasteiger partial charge in [0.25, 0.3) is 0 Å². The van der Waals surface area contributed by atoms with Crippen molar-refractivity contribution in [1.82, 2.24) is 0 Å². The average molecular weight is 258 g/mol. The van der Waals surface area contributed by atoms with Crippen LogP contribution in [-0.4, -0.2) is 17.4 Å². The van der Waals surface area contributed by atoms with Crippen LogP contribution in [0.1, 0.15) is 0 Å². The third-order valence-corrected chi connectivity index (χ3v) is 0. The summed E-state index contributed by atoms with van der Waals surface area (Å²) in [5.74, 6) is 0. The standard InChI is InChI=1S/Al.K.6O.2Ti/q+3;+1;;;4*-1;;. The van der Waals surface area contributed by atoms with Crippen molar-refractivity contribution in [2.45, 2.75) is 0 Å². The van der Waals surface area contributed by atoms with Gasteiger partial charge in [0, 0.05) is 0 Å². The molecule has 0 fully saturated rings. The molecule has 0 aromatic carbocycles. The Morgan fingerprint density at radius 3 is 0.800 bits per heavy atom. The molecule has 0 aliphatic rings. The molecule has 0 bridgehead atoms. The average Bonchev–Trinajstić information content (AvgIpc) is 1.25. The molecular weight excluding hydrogens is 258 g/mol. The normalized spacial score (nSPS) is 5.20. The number of hydrogen-bond acceptors (Lipinski definition) is 6. The van der Waals surface area contributed by atoms with E-state index in [9.17, 15) is 0 Å². The van der Waals surface area contributed by atoms with E-state index in [0.29, 0.717) is 0 Å². The quantitative estimate of drug-likeness (QED) is 0.397. The van der Waals surface area contributed by atoms with Crippen molar-refractivity contribution < 1.29 is 110 Å². The van der Waals surface area contributed by atoms with E-state index < -0.39 is 37.2 Å². The Morgan fingerprint density at radius 1 is 0.800 bits per heavy atom. The molecule has 0 rings (SSSR count). The third kappa shape index (κ3) is 121. The summed E-state index contributed by atoms with van der Waals surface area (Å²) in [6.45, 7) is 0. The molecule has 0 aromatic rings. The van der Waals surface area contributed by atoms with Gasteiger partial charge in [-0.15, -0.1) is 0 Å². The molecule has 0 spiro atoms. The topological polar surface area (TPSA) is 126 Å². The summed E-state index contributed by atoms with van der Waals surface area (Å²) in [5.41, 5.74) is 0. The van der Waals surface area contributed by atoms with E-state index in [1.807, 2.05) is 0 Å². The molecule has 0 saturated heterocycles. The van der Waals surface area contributed by atoms with Crippen LogP contribution in [0.3, 0.4) is 0 Å². The van der Waals surface area contributed by atoms with Crippen molar-refractivity contribution in [3.05, 3.63) is 0 Å². The third-order valence-electron chi connectivity index (χ3n) is 0. The van der Waals surface area contributed by atoms with Crippen LogP contribution in [0.5, 0.6) is 0 Å². The molecular formula is AlKO6Ti2. The second kappa shape index (κ2) is 18.0. The molecule has 0 amide bonds. The fourth-order valence-corrected chi connectivity index (χ4v) is 0. The van der Waals surface area contributed by atoms with Gasteiger partial charge in [-0.25, -0.2) is 0 Å². The minimum atomic E-state index is -4.08. The first-order valence-electron chi connectivity index (χ1n) is 1.22. The van der Waals surface area contributed by atoms with Crippen molar-refractivity contribution in [2.75, 3.05) is 0 Å². The van der Waals surface area contributed by atoms with Gasteiger partial charge >= 0.3 is 127 Å². The van der Waals surface area contributed by atoms with Crippen LogP contribution in [0.15, 0.2) is 0 Å². The molecule has 0 aliphatic carbocycles. The molecule has 6 nitrogen and oxygen atoms in total. The zero-order valence-corrected chi connectivity index (χ0v) is 12.4. The summed E-state index contributed by atoms with van der Waals surface area (Å²) in [4.78, 5) is 0. The van der Waals surface area contributed by atoms with Crippen LogP contribution < -0.4 is 66.1 Å². The Hall–Kier alpha value is 3.04. The Labute approximate surface area is 124 Å². The Kier molecular flexibility index (Phi) is 41.5. The van der Waals surface area contributed by atoms with Crippen molar-refractivity contribution in [1.29, 1.82) is 0 Å². The monoisotopic (exact) mass is 258 g/mol. The summed E-state index contributed by atoms with van der Waals surface area (Å²) in [6.07, 6.45) is 0. The Bertz CT molecular complexity index is 73.7. The molecule has 48 valence electrons. The first-order valence-corrected chi connectivity index (χ1v) is 5.05. The van der Waals surface area contributed by atoms with Gasteiger partial charge in [-0.05, 0) is 0 Å². The van der Waals surface area contributed by atoms with Gasteiger partial charge in [0.05, 0.1) is 0 Å². The fraction of sp³-hybridized carbons (Fsp3) is 0. The maximum absolute atomic E-state index is 8.58. The first kappa shape index (κ1) is 23.1. The number of hydrogen-bond donors (Lipinski definition) is 0. The maximum atomic E-state index is 8.58.